The first-order chi connectivity index (χ1) is 15.4. The molecule has 32 heavy (non-hydrogen) atoms. The number of carbonyl (C=O) groups is 1. The Hall–Kier alpha value is -3.50. The average molecular weight is 427 g/mol. The van der Waals surface area contributed by atoms with Gasteiger partial charge in [0.05, 0.1) is 0 Å². The monoisotopic (exact) mass is 426 g/mol. The largest absolute Gasteiger partial charge is 0.337 e. The molecule has 4 aromatic rings. The summed E-state index contributed by atoms with van der Waals surface area (Å²) in [5.41, 5.74) is 4.89. The van der Waals surface area contributed by atoms with Crippen LogP contribution in [-0.2, 0) is 13.1 Å². The van der Waals surface area contributed by atoms with Crippen LogP contribution in [0, 0.1) is 5.82 Å². The number of fused-ring (bicyclic) bond motifs is 1. The highest BCUT2D eigenvalue weighted by Crippen LogP contribution is 2.24. The van der Waals surface area contributed by atoms with Gasteiger partial charge in [0.1, 0.15) is 5.82 Å². The van der Waals surface area contributed by atoms with Crippen LogP contribution in [0.1, 0.15) is 21.5 Å². The van der Waals surface area contributed by atoms with Crippen LogP contribution in [0.25, 0.3) is 21.9 Å². The van der Waals surface area contributed by atoms with Crippen molar-refractivity contribution < 1.29 is 9.18 Å². The van der Waals surface area contributed by atoms with Crippen molar-refractivity contribution in [3.05, 3.63) is 107 Å². The fraction of sp³-hybridized carbons (Fsp3) is 0.179. The zero-order valence-corrected chi connectivity index (χ0v) is 18.7. The van der Waals surface area contributed by atoms with Gasteiger partial charge in [0.2, 0.25) is 0 Å². The molecule has 4 rings (SSSR count). The van der Waals surface area contributed by atoms with Crippen molar-refractivity contribution in [3.8, 4) is 11.1 Å². The maximum atomic E-state index is 13.2. The number of nitrogens with zero attached hydrogens (tertiary/aromatic N) is 2. The normalized spacial score (nSPS) is 11.2. The maximum absolute atomic E-state index is 13.2. The van der Waals surface area contributed by atoms with Gasteiger partial charge in [-0.05, 0) is 77.5 Å². The van der Waals surface area contributed by atoms with Crippen LogP contribution in [-0.4, -0.2) is 36.9 Å². The molecule has 0 aliphatic rings. The summed E-state index contributed by atoms with van der Waals surface area (Å²) in [5.74, 6) is -0.290. The third kappa shape index (κ3) is 4.87. The Morgan fingerprint density at radius 1 is 0.781 bits per heavy atom. The summed E-state index contributed by atoms with van der Waals surface area (Å²) in [4.78, 5) is 16.9. The number of hydrogen-bond acceptors (Lipinski definition) is 2. The number of amides is 1. The standard InChI is InChI=1S/C28H27FN2O/c1-30(2)18-20-7-16-27-24(17-20)5-4-6-25(27)19-31(3)28(32)23-10-8-21(9-11-23)22-12-14-26(29)15-13-22/h4-17H,18-19H2,1-3H3. The van der Waals surface area contributed by atoms with Gasteiger partial charge < -0.3 is 9.80 Å². The molecule has 0 fully saturated rings. The molecule has 4 aromatic carbocycles. The molecule has 0 saturated carbocycles. The van der Waals surface area contributed by atoms with Crippen molar-refractivity contribution in [2.75, 3.05) is 21.1 Å². The molecule has 0 N–H and O–H groups in total. The molecule has 3 nitrogen and oxygen atoms in total. The van der Waals surface area contributed by atoms with Crippen LogP contribution in [0.15, 0.2) is 84.9 Å². The molecule has 0 saturated heterocycles. The fourth-order valence-electron chi connectivity index (χ4n) is 4.00. The number of halogens is 1. The lowest BCUT2D eigenvalue weighted by Crippen LogP contribution is -2.26. The van der Waals surface area contributed by atoms with Gasteiger partial charge in [-0.2, -0.15) is 0 Å². The van der Waals surface area contributed by atoms with E-state index in [1.165, 1.54) is 28.5 Å². The molecule has 1 amide bonds. The van der Waals surface area contributed by atoms with Crippen LogP contribution >= 0.6 is 0 Å². The number of hydrogen-bond donors (Lipinski definition) is 0. The van der Waals surface area contributed by atoms with Crippen LogP contribution in [0.3, 0.4) is 0 Å². The lowest BCUT2D eigenvalue weighted by Gasteiger charge is -2.19. The molecule has 0 atom stereocenters. The van der Waals surface area contributed by atoms with E-state index in [-0.39, 0.29) is 11.7 Å². The minimum Gasteiger partial charge on any atom is -0.337 e. The topological polar surface area (TPSA) is 23.6 Å². The highest BCUT2D eigenvalue weighted by Gasteiger charge is 2.14. The first-order valence-corrected chi connectivity index (χ1v) is 10.7. The fourth-order valence-corrected chi connectivity index (χ4v) is 4.00. The second-order valence-electron chi connectivity index (χ2n) is 8.46. The minimum atomic E-state index is -0.260. The summed E-state index contributed by atoms with van der Waals surface area (Å²) >= 11 is 0. The van der Waals surface area contributed by atoms with E-state index in [0.717, 1.165) is 23.2 Å². The smallest absolute Gasteiger partial charge is 0.253 e. The number of rotatable bonds is 6. The Bertz CT molecular complexity index is 1230. The molecule has 162 valence electrons. The summed E-state index contributed by atoms with van der Waals surface area (Å²) in [7, 11) is 5.95. The Kier molecular flexibility index (Phi) is 6.33. The van der Waals surface area contributed by atoms with E-state index in [1.807, 2.05) is 37.4 Å². The van der Waals surface area contributed by atoms with Gasteiger partial charge in [0, 0.05) is 25.7 Å². The molecule has 0 aromatic heterocycles. The first-order valence-electron chi connectivity index (χ1n) is 10.7. The van der Waals surface area contributed by atoms with E-state index in [9.17, 15) is 9.18 Å². The summed E-state index contributed by atoms with van der Waals surface area (Å²) in [6.07, 6.45) is 0. The lowest BCUT2D eigenvalue weighted by atomic mass is 10.0. The summed E-state index contributed by atoms with van der Waals surface area (Å²) < 4.78 is 13.2. The third-order valence-electron chi connectivity index (χ3n) is 5.60. The van der Waals surface area contributed by atoms with Gasteiger partial charge in [-0.3, -0.25) is 4.79 Å². The quantitative estimate of drug-likeness (QED) is 0.379. The molecule has 0 heterocycles. The molecule has 0 aliphatic carbocycles. The van der Waals surface area contributed by atoms with E-state index in [1.54, 1.807) is 17.0 Å². The predicted octanol–water partition coefficient (Wildman–Crippen LogP) is 5.98. The summed E-state index contributed by atoms with van der Waals surface area (Å²) in [5, 5.41) is 2.35. The Morgan fingerprint density at radius 3 is 2.09 bits per heavy atom. The minimum absolute atomic E-state index is 0.0307. The first kappa shape index (κ1) is 21.7. The zero-order valence-electron chi connectivity index (χ0n) is 18.7. The van der Waals surface area contributed by atoms with E-state index in [2.05, 4.69) is 49.3 Å². The molecule has 0 bridgehead atoms. The van der Waals surface area contributed by atoms with Crippen molar-refractivity contribution in [1.29, 1.82) is 0 Å². The van der Waals surface area contributed by atoms with Crippen molar-refractivity contribution in [2.45, 2.75) is 13.1 Å². The molecule has 0 spiro atoms. The van der Waals surface area contributed by atoms with Crippen LogP contribution in [0.5, 0.6) is 0 Å². The molecule has 0 aliphatic heterocycles. The molecular weight excluding hydrogens is 399 g/mol. The van der Waals surface area contributed by atoms with Gasteiger partial charge in [0.25, 0.3) is 5.91 Å². The van der Waals surface area contributed by atoms with Crippen LogP contribution < -0.4 is 0 Å². The van der Waals surface area contributed by atoms with Crippen molar-refractivity contribution >= 4 is 16.7 Å². The van der Waals surface area contributed by atoms with E-state index < -0.39 is 0 Å². The Labute approximate surface area is 188 Å². The summed E-state index contributed by atoms with van der Waals surface area (Å²) in [6.45, 7) is 1.43. The Morgan fingerprint density at radius 2 is 1.44 bits per heavy atom. The Balaban J connectivity index is 1.51. The van der Waals surface area contributed by atoms with Gasteiger partial charge in [-0.1, -0.05) is 54.6 Å². The highest BCUT2D eigenvalue weighted by molar-refractivity contribution is 5.95. The molecule has 0 unspecified atom stereocenters. The third-order valence-corrected chi connectivity index (χ3v) is 5.60. The van der Waals surface area contributed by atoms with Gasteiger partial charge in [0.15, 0.2) is 0 Å². The van der Waals surface area contributed by atoms with Gasteiger partial charge in [-0.15, -0.1) is 0 Å². The van der Waals surface area contributed by atoms with Crippen LogP contribution in [0.4, 0.5) is 4.39 Å². The van der Waals surface area contributed by atoms with Crippen molar-refractivity contribution in [1.82, 2.24) is 9.80 Å². The second-order valence-corrected chi connectivity index (χ2v) is 8.46. The predicted molar refractivity (Wildman–Crippen MR) is 129 cm³/mol. The van der Waals surface area contributed by atoms with Crippen LogP contribution in [0.2, 0.25) is 0 Å². The lowest BCUT2D eigenvalue weighted by molar-refractivity contribution is 0.0785. The van der Waals surface area contributed by atoms with E-state index in [0.29, 0.717) is 12.1 Å². The average Bonchev–Trinajstić information content (AvgIpc) is 2.79. The molecule has 4 heteroatoms. The van der Waals surface area contributed by atoms with E-state index in [4.69, 9.17) is 0 Å². The van der Waals surface area contributed by atoms with Gasteiger partial charge in [-0.25, -0.2) is 4.39 Å². The van der Waals surface area contributed by atoms with Crippen molar-refractivity contribution in [3.63, 3.8) is 0 Å². The molecular formula is C28H27FN2O. The SMILES string of the molecule is CN(C)Cc1ccc2c(CN(C)C(=O)c3ccc(-c4ccc(F)cc4)cc3)cccc2c1. The number of benzene rings is 4. The zero-order chi connectivity index (χ0) is 22.7. The van der Waals surface area contributed by atoms with Crippen molar-refractivity contribution in [2.24, 2.45) is 0 Å². The highest BCUT2D eigenvalue weighted by atomic mass is 19.1. The van der Waals surface area contributed by atoms with Gasteiger partial charge >= 0.3 is 0 Å². The number of carbonyl (C=O) groups excluding carboxylic acids is 1. The molecule has 0 radical (unpaired) electrons. The van der Waals surface area contributed by atoms with E-state index >= 15 is 0 Å². The second kappa shape index (κ2) is 9.33. The summed E-state index contributed by atoms with van der Waals surface area (Å²) in [6, 6.07) is 26.6. The maximum Gasteiger partial charge on any atom is 0.253 e.